The van der Waals surface area contributed by atoms with Crippen LogP contribution in [0.4, 0.5) is 10.1 Å². The van der Waals surface area contributed by atoms with Crippen molar-refractivity contribution in [2.45, 2.75) is 6.92 Å². The molecule has 1 heterocycles. The van der Waals surface area contributed by atoms with Gasteiger partial charge in [-0.2, -0.15) is 0 Å². The van der Waals surface area contributed by atoms with Gasteiger partial charge in [-0.3, -0.25) is 4.79 Å². The number of carbonyl (C=O) groups excluding carboxylic acids is 1. The Morgan fingerprint density at radius 1 is 1.32 bits per heavy atom. The fraction of sp³-hybridized carbons (Fsp3) is 0.0769. The molecule has 0 saturated heterocycles. The van der Waals surface area contributed by atoms with E-state index in [1.54, 1.807) is 13.0 Å². The first-order valence-corrected chi connectivity index (χ1v) is 6.12. The third kappa shape index (κ3) is 2.85. The first-order chi connectivity index (χ1) is 9.00. The van der Waals surface area contributed by atoms with Crippen molar-refractivity contribution in [2.24, 2.45) is 0 Å². The highest BCUT2D eigenvalue weighted by Crippen LogP contribution is 2.25. The Morgan fingerprint density at radius 3 is 2.74 bits per heavy atom. The molecular formula is C13H9Cl2FN2O. The van der Waals surface area contributed by atoms with Crippen molar-refractivity contribution < 1.29 is 9.18 Å². The summed E-state index contributed by atoms with van der Waals surface area (Å²) >= 11 is 11.6. The maximum absolute atomic E-state index is 13.3. The highest BCUT2D eigenvalue weighted by Gasteiger charge is 2.16. The lowest BCUT2D eigenvalue weighted by molar-refractivity contribution is 0.102. The van der Waals surface area contributed by atoms with Gasteiger partial charge >= 0.3 is 0 Å². The number of anilines is 1. The highest BCUT2D eigenvalue weighted by molar-refractivity contribution is 6.35. The maximum atomic E-state index is 13.3. The van der Waals surface area contributed by atoms with E-state index in [2.05, 4.69) is 10.3 Å². The SMILES string of the molecule is Cc1ccnc(Cl)c1NC(=O)c1cccc(F)c1Cl. The van der Waals surface area contributed by atoms with Gasteiger partial charge in [-0.05, 0) is 30.7 Å². The summed E-state index contributed by atoms with van der Waals surface area (Å²) in [5, 5.41) is 2.52. The summed E-state index contributed by atoms with van der Waals surface area (Å²) in [4.78, 5) is 15.9. The summed E-state index contributed by atoms with van der Waals surface area (Å²) in [6, 6.07) is 5.73. The average Bonchev–Trinajstić information content (AvgIpc) is 2.37. The van der Waals surface area contributed by atoms with Crippen LogP contribution in [0.15, 0.2) is 30.5 Å². The molecule has 0 bridgehead atoms. The molecule has 0 fully saturated rings. The molecule has 0 aliphatic rings. The molecule has 6 heteroatoms. The van der Waals surface area contributed by atoms with Gasteiger partial charge in [0.1, 0.15) is 5.82 Å². The van der Waals surface area contributed by atoms with Gasteiger partial charge in [0.2, 0.25) is 0 Å². The summed E-state index contributed by atoms with van der Waals surface area (Å²) in [7, 11) is 0. The fourth-order valence-corrected chi connectivity index (χ4v) is 2.00. The Morgan fingerprint density at radius 2 is 2.05 bits per heavy atom. The lowest BCUT2D eigenvalue weighted by Gasteiger charge is -2.10. The molecule has 1 amide bonds. The largest absolute Gasteiger partial charge is 0.319 e. The lowest BCUT2D eigenvalue weighted by atomic mass is 10.2. The summed E-state index contributed by atoms with van der Waals surface area (Å²) < 4.78 is 13.3. The fourth-order valence-electron chi connectivity index (χ4n) is 1.54. The number of hydrogen-bond donors (Lipinski definition) is 1. The van der Waals surface area contributed by atoms with Gasteiger partial charge in [0.05, 0.1) is 16.3 Å². The van der Waals surface area contributed by atoms with Gasteiger partial charge in [0, 0.05) is 6.20 Å². The molecule has 3 nitrogen and oxygen atoms in total. The molecule has 0 spiro atoms. The maximum Gasteiger partial charge on any atom is 0.257 e. The van der Waals surface area contributed by atoms with Crippen molar-refractivity contribution in [2.75, 3.05) is 5.32 Å². The molecule has 0 atom stereocenters. The van der Waals surface area contributed by atoms with Gasteiger partial charge in [0.15, 0.2) is 5.15 Å². The first kappa shape index (κ1) is 13.8. The summed E-state index contributed by atoms with van der Waals surface area (Å²) in [6.45, 7) is 1.77. The Bertz CT molecular complexity index is 626. The van der Waals surface area contributed by atoms with E-state index in [1.165, 1.54) is 24.4 Å². The molecule has 1 N–H and O–H groups in total. The lowest BCUT2D eigenvalue weighted by Crippen LogP contribution is -2.14. The van der Waals surface area contributed by atoms with Crippen molar-refractivity contribution in [1.82, 2.24) is 4.98 Å². The van der Waals surface area contributed by atoms with Gasteiger partial charge in [0.25, 0.3) is 5.91 Å². The van der Waals surface area contributed by atoms with Gasteiger partial charge < -0.3 is 5.32 Å². The molecule has 19 heavy (non-hydrogen) atoms. The van der Waals surface area contributed by atoms with Gasteiger partial charge in [-0.1, -0.05) is 29.3 Å². The summed E-state index contributed by atoms with van der Waals surface area (Å²) in [5.41, 5.74) is 1.18. The quantitative estimate of drug-likeness (QED) is 0.849. The van der Waals surface area contributed by atoms with Crippen LogP contribution in [0.3, 0.4) is 0 Å². The van der Waals surface area contributed by atoms with Crippen LogP contribution in [0.5, 0.6) is 0 Å². The third-order valence-electron chi connectivity index (χ3n) is 2.55. The van der Waals surface area contributed by atoms with E-state index < -0.39 is 11.7 Å². The van der Waals surface area contributed by atoms with E-state index >= 15 is 0 Å². The van der Waals surface area contributed by atoms with Gasteiger partial charge in [-0.15, -0.1) is 0 Å². The topological polar surface area (TPSA) is 42.0 Å². The predicted molar refractivity (Wildman–Crippen MR) is 73.3 cm³/mol. The smallest absolute Gasteiger partial charge is 0.257 e. The zero-order valence-electron chi connectivity index (χ0n) is 9.88. The number of pyridine rings is 1. The van der Waals surface area contributed by atoms with Crippen LogP contribution in [-0.4, -0.2) is 10.9 Å². The van der Waals surface area contributed by atoms with E-state index in [0.717, 1.165) is 5.56 Å². The van der Waals surface area contributed by atoms with Crippen LogP contribution in [0.1, 0.15) is 15.9 Å². The van der Waals surface area contributed by atoms with Crippen LogP contribution < -0.4 is 5.32 Å². The molecule has 0 radical (unpaired) electrons. The first-order valence-electron chi connectivity index (χ1n) is 5.37. The number of aryl methyl sites for hydroxylation is 1. The minimum Gasteiger partial charge on any atom is -0.319 e. The summed E-state index contributed by atoms with van der Waals surface area (Å²) in [6.07, 6.45) is 1.53. The minimum absolute atomic E-state index is 0.0426. The zero-order chi connectivity index (χ0) is 14.0. The van der Waals surface area contributed by atoms with E-state index in [4.69, 9.17) is 23.2 Å². The second kappa shape index (κ2) is 5.55. The number of halogens is 3. The molecule has 1 aromatic carbocycles. The molecule has 98 valence electrons. The van der Waals surface area contributed by atoms with Crippen LogP contribution in [0.25, 0.3) is 0 Å². The van der Waals surface area contributed by atoms with Crippen molar-refractivity contribution in [3.8, 4) is 0 Å². The van der Waals surface area contributed by atoms with Crippen LogP contribution in [0.2, 0.25) is 10.2 Å². The number of benzene rings is 1. The monoisotopic (exact) mass is 298 g/mol. The minimum atomic E-state index is -0.650. The number of aromatic nitrogens is 1. The second-order valence-electron chi connectivity index (χ2n) is 3.85. The molecule has 2 rings (SSSR count). The molecule has 1 aromatic heterocycles. The standard InChI is InChI=1S/C13H9Cl2FN2O/c1-7-5-6-17-12(15)11(7)18-13(19)8-3-2-4-9(16)10(8)14/h2-6H,1H3,(H,18,19). The van der Waals surface area contributed by atoms with Crippen molar-refractivity contribution in [3.05, 3.63) is 57.6 Å². The van der Waals surface area contributed by atoms with Crippen LogP contribution >= 0.6 is 23.2 Å². The van der Waals surface area contributed by atoms with Gasteiger partial charge in [-0.25, -0.2) is 9.37 Å². The molecule has 0 unspecified atom stereocenters. The normalized spacial score (nSPS) is 10.3. The Kier molecular flexibility index (Phi) is 4.02. The molecule has 2 aromatic rings. The third-order valence-corrected chi connectivity index (χ3v) is 3.22. The molecule has 0 saturated carbocycles. The number of nitrogens with one attached hydrogen (secondary N) is 1. The van der Waals surface area contributed by atoms with E-state index in [-0.39, 0.29) is 15.7 Å². The van der Waals surface area contributed by atoms with E-state index in [0.29, 0.717) is 5.69 Å². The number of hydrogen-bond acceptors (Lipinski definition) is 2. The van der Waals surface area contributed by atoms with E-state index in [1.807, 2.05) is 0 Å². The molecule has 0 aliphatic carbocycles. The van der Waals surface area contributed by atoms with Crippen LogP contribution in [0, 0.1) is 12.7 Å². The van der Waals surface area contributed by atoms with E-state index in [9.17, 15) is 9.18 Å². The van der Waals surface area contributed by atoms with Crippen molar-refractivity contribution in [3.63, 3.8) is 0 Å². The van der Waals surface area contributed by atoms with Crippen LogP contribution in [-0.2, 0) is 0 Å². The number of nitrogens with zero attached hydrogens (tertiary/aromatic N) is 1. The Hall–Kier alpha value is -1.65. The number of amides is 1. The molecular weight excluding hydrogens is 290 g/mol. The number of carbonyl (C=O) groups is 1. The number of rotatable bonds is 2. The zero-order valence-corrected chi connectivity index (χ0v) is 11.4. The predicted octanol–water partition coefficient (Wildman–Crippen LogP) is 4.09. The van der Waals surface area contributed by atoms with Crippen molar-refractivity contribution in [1.29, 1.82) is 0 Å². The summed E-state index contributed by atoms with van der Waals surface area (Å²) in [5.74, 6) is -1.19. The highest BCUT2D eigenvalue weighted by atomic mass is 35.5. The Balaban J connectivity index is 2.34. The van der Waals surface area contributed by atoms with Crippen molar-refractivity contribution >= 4 is 34.8 Å². The molecule has 0 aliphatic heterocycles. The Labute approximate surface area is 119 Å². The second-order valence-corrected chi connectivity index (χ2v) is 4.59. The average molecular weight is 299 g/mol.